The Labute approximate surface area is 147 Å². The summed E-state index contributed by atoms with van der Waals surface area (Å²) in [5, 5.41) is 3.79. The number of amides is 1. The summed E-state index contributed by atoms with van der Waals surface area (Å²) < 4.78 is 0. The Morgan fingerprint density at radius 2 is 1.96 bits per heavy atom. The highest BCUT2D eigenvalue weighted by Gasteiger charge is 2.10. The molecule has 0 spiro atoms. The third-order valence-corrected chi connectivity index (χ3v) is 5.04. The number of hydrogen-bond donors (Lipinski definition) is 1. The van der Waals surface area contributed by atoms with Crippen LogP contribution >= 0.6 is 23.4 Å². The molecule has 1 atom stereocenters. The summed E-state index contributed by atoms with van der Waals surface area (Å²) in [4.78, 5) is 12.1. The molecule has 122 valence electrons. The van der Waals surface area contributed by atoms with Gasteiger partial charge in [0.2, 0.25) is 5.91 Å². The van der Waals surface area contributed by atoms with Crippen molar-refractivity contribution in [3.8, 4) is 0 Å². The van der Waals surface area contributed by atoms with Crippen LogP contribution in [0.2, 0.25) is 5.02 Å². The van der Waals surface area contributed by atoms with Gasteiger partial charge >= 0.3 is 0 Å². The fourth-order valence-electron chi connectivity index (χ4n) is 2.29. The molecule has 2 aromatic rings. The van der Waals surface area contributed by atoms with E-state index >= 15 is 0 Å². The average molecular weight is 348 g/mol. The van der Waals surface area contributed by atoms with Crippen molar-refractivity contribution in [2.24, 2.45) is 0 Å². The minimum atomic E-state index is 0.0218. The standard InChI is InChI=1S/C19H22ClNOS/c1-13-7-8-17(9-14(13)2)15(3)21-19(22)12-23-11-16-5-4-6-18(20)10-16/h4-10,15H,11-12H2,1-3H3,(H,21,22). The van der Waals surface area contributed by atoms with E-state index in [1.165, 1.54) is 11.1 Å². The number of aryl methyl sites for hydroxylation is 2. The Balaban J connectivity index is 1.81. The lowest BCUT2D eigenvalue weighted by atomic mass is 10.0. The molecule has 2 rings (SSSR count). The van der Waals surface area contributed by atoms with E-state index in [2.05, 4.69) is 37.4 Å². The first-order valence-corrected chi connectivity index (χ1v) is 9.17. The van der Waals surface area contributed by atoms with Gasteiger partial charge in [-0.25, -0.2) is 0 Å². The van der Waals surface area contributed by atoms with Crippen molar-refractivity contribution in [3.63, 3.8) is 0 Å². The fourth-order valence-corrected chi connectivity index (χ4v) is 3.29. The van der Waals surface area contributed by atoms with Crippen molar-refractivity contribution < 1.29 is 4.79 Å². The second-order valence-corrected chi connectivity index (χ2v) is 7.18. The minimum absolute atomic E-state index is 0.0218. The van der Waals surface area contributed by atoms with Crippen LogP contribution in [-0.4, -0.2) is 11.7 Å². The third kappa shape index (κ3) is 5.60. The summed E-state index contributed by atoms with van der Waals surface area (Å²) in [6.07, 6.45) is 0. The van der Waals surface area contributed by atoms with Crippen molar-refractivity contribution in [3.05, 3.63) is 69.7 Å². The number of hydrogen-bond acceptors (Lipinski definition) is 2. The summed E-state index contributed by atoms with van der Waals surface area (Å²) in [5.74, 6) is 1.29. The maximum absolute atomic E-state index is 12.1. The van der Waals surface area contributed by atoms with Crippen LogP contribution in [0.1, 0.15) is 35.2 Å². The summed E-state index contributed by atoms with van der Waals surface area (Å²) >= 11 is 7.55. The van der Waals surface area contributed by atoms with E-state index in [0.717, 1.165) is 21.9 Å². The van der Waals surface area contributed by atoms with E-state index in [-0.39, 0.29) is 11.9 Å². The van der Waals surface area contributed by atoms with Gasteiger partial charge in [0.1, 0.15) is 0 Å². The number of thioether (sulfide) groups is 1. The first-order valence-electron chi connectivity index (χ1n) is 7.64. The molecule has 1 N–H and O–H groups in total. The molecule has 0 heterocycles. The lowest BCUT2D eigenvalue weighted by Crippen LogP contribution is -2.28. The third-order valence-electron chi connectivity index (χ3n) is 3.80. The summed E-state index contributed by atoms with van der Waals surface area (Å²) in [6, 6.07) is 14.1. The molecule has 0 saturated heterocycles. The highest BCUT2D eigenvalue weighted by Crippen LogP contribution is 2.18. The number of rotatable bonds is 6. The molecule has 0 aliphatic rings. The van der Waals surface area contributed by atoms with E-state index in [0.29, 0.717) is 5.75 Å². The Morgan fingerprint density at radius 3 is 2.65 bits per heavy atom. The molecule has 0 radical (unpaired) electrons. The van der Waals surface area contributed by atoms with Crippen molar-refractivity contribution in [2.45, 2.75) is 32.6 Å². The zero-order valence-corrected chi connectivity index (χ0v) is 15.3. The van der Waals surface area contributed by atoms with Crippen molar-refractivity contribution in [2.75, 3.05) is 5.75 Å². The predicted molar refractivity (Wildman–Crippen MR) is 100 cm³/mol. The Kier molecular flexibility index (Phi) is 6.55. The quantitative estimate of drug-likeness (QED) is 0.790. The van der Waals surface area contributed by atoms with Crippen LogP contribution in [0, 0.1) is 13.8 Å². The maximum Gasteiger partial charge on any atom is 0.230 e. The predicted octanol–water partition coefficient (Wildman–Crippen LogP) is 5.07. The van der Waals surface area contributed by atoms with E-state index in [1.54, 1.807) is 11.8 Å². The smallest absolute Gasteiger partial charge is 0.230 e. The van der Waals surface area contributed by atoms with Gasteiger partial charge in [-0.3, -0.25) is 4.79 Å². The highest BCUT2D eigenvalue weighted by atomic mass is 35.5. The highest BCUT2D eigenvalue weighted by molar-refractivity contribution is 7.99. The molecule has 0 aliphatic carbocycles. The molecule has 1 unspecified atom stereocenters. The number of nitrogens with one attached hydrogen (secondary N) is 1. The summed E-state index contributed by atoms with van der Waals surface area (Å²) in [6.45, 7) is 6.20. The van der Waals surface area contributed by atoms with Gasteiger partial charge < -0.3 is 5.32 Å². The molecule has 2 aromatic carbocycles. The second-order valence-electron chi connectivity index (χ2n) is 5.76. The average Bonchev–Trinajstić information content (AvgIpc) is 2.50. The Bertz CT molecular complexity index is 687. The zero-order chi connectivity index (χ0) is 16.8. The minimum Gasteiger partial charge on any atom is -0.349 e. The van der Waals surface area contributed by atoms with Gasteiger partial charge in [-0.15, -0.1) is 11.8 Å². The van der Waals surface area contributed by atoms with Crippen LogP contribution < -0.4 is 5.32 Å². The molecule has 0 aromatic heterocycles. The molecular weight excluding hydrogens is 326 g/mol. The molecule has 0 bridgehead atoms. The first kappa shape index (κ1) is 17.9. The van der Waals surface area contributed by atoms with E-state index in [4.69, 9.17) is 11.6 Å². The van der Waals surface area contributed by atoms with Crippen molar-refractivity contribution in [1.29, 1.82) is 0 Å². The van der Waals surface area contributed by atoms with Crippen LogP contribution in [0.4, 0.5) is 0 Å². The van der Waals surface area contributed by atoms with E-state index in [1.807, 2.05) is 31.2 Å². The Morgan fingerprint density at radius 1 is 1.17 bits per heavy atom. The molecule has 4 heteroatoms. The largest absolute Gasteiger partial charge is 0.349 e. The van der Waals surface area contributed by atoms with Gasteiger partial charge in [0, 0.05) is 10.8 Å². The van der Waals surface area contributed by atoms with Crippen LogP contribution in [0.25, 0.3) is 0 Å². The molecule has 2 nitrogen and oxygen atoms in total. The SMILES string of the molecule is Cc1ccc(C(C)NC(=O)CSCc2cccc(Cl)c2)cc1C. The normalized spacial score (nSPS) is 12.0. The maximum atomic E-state index is 12.1. The fraction of sp³-hybridized carbons (Fsp3) is 0.316. The topological polar surface area (TPSA) is 29.1 Å². The summed E-state index contributed by atoms with van der Waals surface area (Å²) in [7, 11) is 0. The monoisotopic (exact) mass is 347 g/mol. The number of carbonyl (C=O) groups excluding carboxylic acids is 1. The first-order chi connectivity index (χ1) is 11.0. The van der Waals surface area contributed by atoms with Crippen molar-refractivity contribution in [1.82, 2.24) is 5.32 Å². The van der Waals surface area contributed by atoms with Crippen LogP contribution in [0.15, 0.2) is 42.5 Å². The van der Waals surface area contributed by atoms with Gasteiger partial charge in [0.05, 0.1) is 11.8 Å². The molecule has 0 fully saturated rings. The van der Waals surface area contributed by atoms with E-state index < -0.39 is 0 Å². The van der Waals surface area contributed by atoms with Gasteiger partial charge in [0.25, 0.3) is 0 Å². The number of benzene rings is 2. The lowest BCUT2D eigenvalue weighted by molar-refractivity contribution is -0.119. The van der Waals surface area contributed by atoms with Gasteiger partial charge in [-0.05, 0) is 55.2 Å². The zero-order valence-electron chi connectivity index (χ0n) is 13.7. The van der Waals surface area contributed by atoms with Crippen LogP contribution in [0.3, 0.4) is 0 Å². The summed E-state index contributed by atoms with van der Waals surface area (Å²) in [5.41, 5.74) is 4.79. The second kappa shape index (κ2) is 8.42. The van der Waals surface area contributed by atoms with Gasteiger partial charge in [-0.2, -0.15) is 0 Å². The molecular formula is C19H22ClNOS. The van der Waals surface area contributed by atoms with Crippen molar-refractivity contribution >= 4 is 29.3 Å². The molecule has 0 saturated carbocycles. The van der Waals surface area contributed by atoms with Gasteiger partial charge in [-0.1, -0.05) is 41.9 Å². The van der Waals surface area contributed by atoms with Crippen LogP contribution in [-0.2, 0) is 10.5 Å². The van der Waals surface area contributed by atoms with Gasteiger partial charge in [0.15, 0.2) is 0 Å². The molecule has 23 heavy (non-hydrogen) atoms. The molecule has 0 aliphatic heterocycles. The molecule has 1 amide bonds. The van der Waals surface area contributed by atoms with Crippen LogP contribution in [0.5, 0.6) is 0 Å². The lowest BCUT2D eigenvalue weighted by Gasteiger charge is -2.15. The number of halogens is 1. The Hall–Kier alpha value is -1.45. The number of carbonyl (C=O) groups is 1. The van der Waals surface area contributed by atoms with E-state index in [9.17, 15) is 4.79 Å².